The molecule has 1 N–H and O–H groups in total. The summed E-state index contributed by atoms with van der Waals surface area (Å²) in [4.78, 5) is 10.5. The molecule has 5 nitrogen and oxygen atoms in total. The summed E-state index contributed by atoms with van der Waals surface area (Å²) in [6.45, 7) is 0.370. The molecule has 90 valence electrons. The molecular weight excluding hydrogens is 248 g/mol. The van der Waals surface area contributed by atoms with E-state index in [1.165, 1.54) is 0 Å². The zero-order chi connectivity index (χ0) is 12.5. The summed E-state index contributed by atoms with van der Waals surface area (Å²) >= 11 is 0. The quantitative estimate of drug-likeness (QED) is 0.454. The first-order valence-electron chi connectivity index (χ1n) is 3.38. The predicted molar refractivity (Wildman–Crippen MR) is 38.1 cm³/mol. The van der Waals surface area contributed by atoms with E-state index in [9.17, 15) is 30.8 Å². The molecule has 0 aliphatic heterocycles. The van der Waals surface area contributed by atoms with Gasteiger partial charge in [-0.05, 0) is 6.92 Å². The van der Waals surface area contributed by atoms with E-state index in [1.807, 2.05) is 0 Å². The van der Waals surface area contributed by atoms with Gasteiger partial charge in [-0.1, -0.05) is 0 Å². The lowest BCUT2D eigenvalue weighted by atomic mass is 10.4. The maximum absolute atomic E-state index is 12.9. The van der Waals surface area contributed by atoms with E-state index in [1.54, 1.807) is 0 Å². The third kappa shape index (κ3) is 2.37. The molecule has 0 rings (SSSR count). The first-order valence-corrected chi connectivity index (χ1v) is 4.82. The molecule has 0 aromatic rings. The molecule has 0 aromatic carbocycles. The molecule has 0 aromatic heterocycles. The van der Waals surface area contributed by atoms with Gasteiger partial charge in [0.05, 0.1) is 6.61 Å². The second kappa shape index (κ2) is 3.93. The fourth-order valence-electron chi connectivity index (χ4n) is 0.591. The van der Waals surface area contributed by atoms with Crippen LogP contribution in [0.25, 0.3) is 0 Å². The molecule has 0 fully saturated rings. The van der Waals surface area contributed by atoms with Gasteiger partial charge in [0.1, 0.15) is 0 Å². The van der Waals surface area contributed by atoms with Gasteiger partial charge in [-0.3, -0.25) is 4.55 Å². The normalized spacial score (nSPS) is 16.9. The van der Waals surface area contributed by atoms with Crippen molar-refractivity contribution < 1.29 is 40.1 Å². The predicted octanol–water partition coefficient (Wildman–Crippen LogP) is 0.665. The van der Waals surface area contributed by atoms with E-state index in [2.05, 4.69) is 4.74 Å². The Morgan fingerprint density at radius 1 is 1.33 bits per heavy atom. The second-order valence-corrected chi connectivity index (χ2v) is 3.80. The van der Waals surface area contributed by atoms with Crippen LogP contribution in [0.2, 0.25) is 0 Å². The van der Waals surface area contributed by atoms with E-state index in [0.29, 0.717) is 0 Å². The summed E-state index contributed by atoms with van der Waals surface area (Å²) in [6.07, 6.45) is -6.12. The molecule has 0 heterocycles. The molecule has 0 aliphatic rings. The Bertz CT molecular complexity index is 347. The number of carbonyl (C=O) groups is 1. The van der Waals surface area contributed by atoms with Crippen LogP contribution in [0.3, 0.4) is 0 Å². The molecule has 0 aliphatic carbocycles. The third-order valence-electron chi connectivity index (χ3n) is 1.26. The fraction of sp³-hybridized carbons (Fsp3) is 0.800. The van der Waals surface area contributed by atoms with Crippen molar-refractivity contribution in [3.05, 3.63) is 0 Å². The minimum absolute atomic E-state index is 0.671. The summed E-state index contributed by atoms with van der Waals surface area (Å²) in [6, 6.07) is 0. The number of carbonyl (C=O) groups excluding carboxylic acids is 1. The first kappa shape index (κ1) is 14.1. The molecule has 1 unspecified atom stereocenters. The van der Waals surface area contributed by atoms with E-state index in [4.69, 9.17) is 4.55 Å². The van der Waals surface area contributed by atoms with Gasteiger partial charge in [0.2, 0.25) is 0 Å². The van der Waals surface area contributed by atoms with Crippen LogP contribution in [0.4, 0.5) is 17.6 Å². The lowest BCUT2D eigenvalue weighted by molar-refractivity contribution is -0.214. The monoisotopic (exact) mass is 254 g/mol. The molecule has 0 bridgehead atoms. The maximum atomic E-state index is 12.9. The van der Waals surface area contributed by atoms with Gasteiger partial charge in [-0.2, -0.15) is 21.6 Å². The van der Waals surface area contributed by atoms with Crippen LogP contribution in [0.5, 0.6) is 0 Å². The number of alkyl halides is 4. The fourth-order valence-corrected chi connectivity index (χ4v) is 1.15. The topological polar surface area (TPSA) is 80.7 Å². The highest BCUT2D eigenvalue weighted by molar-refractivity contribution is 7.88. The summed E-state index contributed by atoms with van der Waals surface area (Å²) < 4.78 is 80.8. The van der Waals surface area contributed by atoms with E-state index in [0.717, 1.165) is 6.92 Å². The van der Waals surface area contributed by atoms with Crippen LogP contribution in [0.15, 0.2) is 0 Å². The van der Waals surface area contributed by atoms with E-state index in [-0.39, 0.29) is 0 Å². The third-order valence-corrected chi connectivity index (χ3v) is 2.37. The van der Waals surface area contributed by atoms with Crippen molar-refractivity contribution in [3.63, 3.8) is 0 Å². The van der Waals surface area contributed by atoms with Crippen LogP contribution >= 0.6 is 0 Å². The maximum Gasteiger partial charge on any atom is 0.451 e. The minimum Gasteiger partial charge on any atom is -0.462 e. The van der Waals surface area contributed by atoms with Crippen molar-refractivity contribution in [1.29, 1.82) is 0 Å². The zero-order valence-electron chi connectivity index (χ0n) is 7.21. The minimum atomic E-state index is -6.31. The Balaban J connectivity index is 5.54. The summed E-state index contributed by atoms with van der Waals surface area (Å²) in [7, 11) is -6.31. The number of hydrogen-bond acceptors (Lipinski definition) is 4. The lowest BCUT2D eigenvalue weighted by Gasteiger charge is -2.22. The van der Waals surface area contributed by atoms with Gasteiger partial charge in [0.25, 0.3) is 0 Å². The first-order chi connectivity index (χ1) is 6.48. The van der Waals surface area contributed by atoms with Gasteiger partial charge < -0.3 is 4.74 Å². The number of halogens is 4. The Labute approximate surface area is 81.8 Å². The standard InChI is InChI=1S/C5H6F4O5S/c1-2-14-3(10)4(6,5(7,8)9)15(11,12)13/h2H2,1H3,(H,11,12,13). The Morgan fingerprint density at radius 3 is 1.93 bits per heavy atom. The van der Waals surface area contributed by atoms with Gasteiger partial charge in [-0.25, -0.2) is 9.18 Å². The molecule has 0 saturated carbocycles. The average molecular weight is 254 g/mol. The zero-order valence-corrected chi connectivity index (χ0v) is 8.02. The number of hydrogen-bond donors (Lipinski definition) is 1. The van der Waals surface area contributed by atoms with Crippen molar-refractivity contribution in [2.75, 3.05) is 6.61 Å². The molecule has 0 spiro atoms. The van der Waals surface area contributed by atoms with Gasteiger partial charge >= 0.3 is 27.3 Å². The average Bonchev–Trinajstić information content (AvgIpc) is 1.99. The number of ether oxygens (including phenoxy) is 1. The van der Waals surface area contributed by atoms with Crippen LogP contribution in [0.1, 0.15) is 6.92 Å². The van der Waals surface area contributed by atoms with Crippen LogP contribution in [0, 0.1) is 0 Å². The SMILES string of the molecule is CCOC(=O)C(F)(C(F)(F)F)S(=O)(=O)O. The van der Waals surface area contributed by atoms with Crippen molar-refractivity contribution >= 4 is 16.1 Å². The van der Waals surface area contributed by atoms with Crippen LogP contribution < -0.4 is 0 Å². The Hall–Kier alpha value is -0.900. The summed E-state index contributed by atoms with van der Waals surface area (Å²) in [5.41, 5.74) is 0. The molecular formula is C5H6F4O5S. The molecule has 1 atom stereocenters. The van der Waals surface area contributed by atoms with Crippen molar-refractivity contribution in [2.45, 2.75) is 18.1 Å². The van der Waals surface area contributed by atoms with Crippen molar-refractivity contribution in [2.24, 2.45) is 0 Å². The molecule has 0 radical (unpaired) electrons. The lowest BCUT2D eigenvalue weighted by Crippen LogP contribution is -2.54. The second-order valence-electron chi connectivity index (χ2n) is 2.29. The Kier molecular flexibility index (Phi) is 3.69. The van der Waals surface area contributed by atoms with Crippen LogP contribution in [-0.2, 0) is 19.6 Å². The highest BCUT2D eigenvalue weighted by Crippen LogP contribution is 2.39. The van der Waals surface area contributed by atoms with Crippen LogP contribution in [-0.4, -0.2) is 36.7 Å². The largest absolute Gasteiger partial charge is 0.462 e. The number of esters is 1. The molecule has 15 heavy (non-hydrogen) atoms. The highest BCUT2D eigenvalue weighted by atomic mass is 32.2. The van der Waals surface area contributed by atoms with Gasteiger partial charge in [0.15, 0.2) is 0 Å². The molecule has 0 saturated heterocycles. The van der Waals surface area contributed by atoms with Crippen molar-refractivity contribution in [3.8, 4) is 0 Å². The Morgan fingerprint density at radius 2 is 1.73 bits per heavy atom. The highest BCUT2D eigenvalue weighted by Gasteiger charge is 2.72. The van der Waals surface area contributed by atoms with Gasteiger partial charge in [-0.15, -0.1) is 0 Å². The summed E-state index contributed by atoms with van der Waals surface area (Å²) in [5.74, 6) is -2.72. The van der Waals surface area contributed by atoms with E-state index >= 15 is 0 Å². The number of rotatable bonds is 3. The van der Waals surface area contributed by atoms with E-state index < -0.39 is 33.9 Å². The van der Waals surface area contributed by atoms with Crippen molar-refractivity contribution in [1.82, 2.24) is 0 Å². The van der Waals surface area contributed by atoms with Gasteiger partial charge in [0, 0.05) is 0 Å². The molecule has 0 amide bonds. The smallest absolute Gasteiger partial charge is 0.451 e. The molecule has 10 heteroatoms. The summed E-state index contributed by atoms with van der Waals surface area (Å²) in [5, 5.41) is -5.45.